The highest BCUT2D eigenvalue weighted by Crippen LogP contribution is 2.29. The Morgan fingerprint density at radius 3 is 3.05 bits per heavy atom. The first-order valence-electron chi connectivity index (χ1n) is 6.93. The maximum Gasteiger partial charge on any atom is 0.230 e. The normalized spacial score (nSPS) is 19.7. The van der Waals surface area contributed by atoms with Gasteiger partial charge in [0.2, 0.25) is 5.88 Å². The van der Waals surface area contributed by atoms with Gasteiger partial charge in [-0.05, 0) is 48.7 Å². The predicted octanol–water partition coefficient (Wildman–Crippen LogP) is 3.33. The number of ether oxygens (including phenoxy) is 2. The molecule has 0 N–H and O–H groups in total. The molecule has 2 aromatic rings. The van der Waals surface area contributed by atoms with E-state index in [2.05, 4.69) is 26.0 Å². The Morgan fingerprint density at radius 1 is 1.50 bits per heavy atom. The van der Waals surface area contributed by atoms with Crippen LogP contribution in [0.15, 0.2) is 16.7 Å². The van der Waals surface area contributed by atoms with E-state index in [1.807, 2.05) is 30.8 Å². The van der Waals surface area contributed by atoms with Gasteiger partial charge in [-0.25, -0.2) is 0 Å². The number of hydrogen-bond donors (Lipinski definition) is 0. The number of halogens is 1. The molecule has 20 heavy (non-hydrogen) atoms. The van der Waals surface area contributed by atoms with Crippen molar-refractivity contribution in [1.29, 1.82) is 0 Å². The van der Waals surface area contributed by atoms with E-state index >= 15 is 0 Å². The molecule has 1 unspecified atom stereocenters. The Bertz CT molecular complexity index is 606. The van der Waals surface area contributed by atoms with Crippen LogP contribution >= 0.6 is 15.9 Å². The van der Waals surface area contributed by atoms with E-state index in [4.69, 9.17) is 9.47 Å². The van der Waals surface area contributed by atoms with Gasteiger partial charge in [0.1, 0.15) is 0 Å². The predicted molar refractivity (Wildman–Crippen MR) is 80.1 cm³/mol. The molecule has 1 fully saturated rings. The SMILES string of the molecule is CC(C)Oc1nc2nn(C3CCCOC3)cc2cc1Br. The zero-order chi connectivity index (χ0) is 14.1. The van der Waals surface area contributed by atoms with Gasteiger partial charge in [0.15, 0.2) is 5.65 Å². The van der Waals surface area contributed by atoms with Crippen molar-refractivity contribution in [2.24, 2.45) is 0 Å². The highest BCUT2D eigenvalue weighted by molar-refractivity contribution is 9.10. The number of rotatable bonds is 3. The van der Waals surface area contributed by atoms with Crippen LogP contribution in [0.2, 0.25) is 0 Å². The van der Waals surface area contributed by atoms with Gasteiger partial charge in [0, 0.05) is 18.2 Å². The Labute approximate surface area is 126 Å². The third-order valence-electron chi connectivity index (χ3n) is 3.29. The van der Waals surface area contributed by atoms with Crippen LogP contribution in [0.3, 0.4) is 0 Å². The largest absolute Gasteiger partial charge is 0.474 e. The fourth-order valence-corrected chi connectivity index (χ4v) is 2.79. The smallest absolute Gasteiger partial charge is 0.230 e. The molecule has 1 aliphatic heterocycles. The van der Waals surface area contributed by atoms with Crippen molar-refractivity contribution in [2.75, 3.05) is 13.2 Å². The van der Waals surface area contributed by atoms with Crippen LogP contribution in [-0.4, -0.2) is 34.1 Å². The van der Waals surface area contributed by atoms with E-state index in [1.54, 1.807) is 0 Å². The lowest BCUT2D eigenvalue weighted by Crippen LogP contribution is -2.21. The van der Waals surface area contributed by atoms with E-state index in [0.29, 0.717) is 11.9 Å². The second kappa shape index (κ2) is 5.69. The number of pyridine rings is 1. The van der Waals surface area contributed by atoms with Crippen molar-refractivity contribution in [3.05, 3.63) is 16.7 Å². The molecular formula is C14H18BrN3O2. The van der Waals surface area contributed by atoms with Crippen molar-refractivity contribution in [3.8, 4) is 5.88 Å². The molecule has 0 aromatic carbocycles. The van der Waals surface area contributed by atoms with Crippen LogP contribution in [0.1, 0.15) is 32.7 Å². The Kier molecular flexibility index (Phi) is 3.94. The van der Waals surface area contributed by atoms with Gasteiger partial charge >= 0.3 is 0 Å². The van der Waals surface area contributed by atoms with Crippen molar-refractivity contribution in [1.82, 2.24) is 14.8 Å². The summed E-state index contributed by atoms with van der Waals surface area (Å²) in [5.74, 6) is 0.595. The average molecular weight is 340 g/mol. The fourth-order valence-electron chi connectivity index (χ4n) is 2.36. The van der Waals surface area contributed by atoms with Crippen LogP contribution in [0.5, 0.6) is 5.88 Å². The molecule has 1 atom stereocenters. The summed E-state index contributed by atoms with van der Waals surface area (Å²) < 4.78 is 14.0. The zero-order valence-corrected chi connectivity index (χ0v) is 13.3. The summed E-state index contributed by atoms with van der Waals surface area (Å²) in [6.45, 7) is 5.55. The molecule has 5 nitrogen and oxygen atoms in total. The summed E-state index contributed by atoms with van der Waals surface area (Å²) in [6.07, 6.45) is 4.31. The van der Waals surface area contributed by atoms with Crippen molar-refractivity contribution < 1.29 is 9.47 Å². The molecule has 6 heteroatoms. The Morgan fingerprint density at radius 2 is 2.35 bits per heavy atom. The summed E-state index contributed by atoms with van der Waals surface area (Å²) in [5, 5.41) is 5.58. The number of aromatic nitrogens is 3. The van der Waals surface area contributed by atoms with Crippen molar-refractivity contribution >= 4 is 27.0 Å². The van der Waals surface area contributed by atoms with Gasteiger partial charge in [0.05, 0.1) is 23.2 Å². The van der Waals surface area contributed by atoms with Crippen LogP contribution in [0.4, 0.5) is 0 Å². The van der Waals surface area contributed by atoms with E-state index in [1.165, 1.54) is 0 Å². The lowest BCUT2D eigenvalue weighted by Gasteiger charge is -2.21. The minimum atomic E-state index is 0.0880. The molecule has 1 aliphatic rings. The van der Waals surface area contributed by atoms with Crippen LogP contribution in [-0.2, 0) is 4.74 Å². The van der Waals surface area contributed by atoms with Gasteiger partial charge in [-0.15, -0.1) is 0 Å². The van der Waals surface area contributed by atoms with Gasteiger partial charge < -0.3 is 9.47 Å². The topological polar surface area (TPSA) is 49.2 Å². The lowest BCUT2D eigenvalue weighted by molar-refractivity contribution is 0.0551. The first-order valence-corrected chi connectivity index (χ1v) is 7.72. The molecule has 2 aromatic heterocycles. The third-order valence-corrected chi connectivity index (χ3v) is 3.86. The van der Waals surface area contributed by atoms with Gasteiger partial charge in [-0.3, -0.25) is 4.68 Å². The zero-order valence-electron chi connectivity index (χ0n) is 11.7. The Balaban J connectivity index is 1.93. The fraction of sp³-hybridized carbons (Fsp3) is 0.571. The summed E-state index contributed by atoms with van der Waals surface area (Å²) in [5.41, 5.74) is 0.717. The molecule has 3 rings (SSSR count). The van der Waals surface area contributed by atoms with Gasteiger partial charge in [-0.2, -0.15) is 10.1 Å². The summed E-state index contributed by atoms with van der Waals surface area (Å²) >= 11 is 3.50. The third kappa shape index (κ3) is 2.81. The molecule has 3 heterocycles. The maximum absolute atomic E-state index is 5.68. The molecule has 1 saturated heterocycles. The quantitative estimate of drug-likeness (QED) is 0.860. The van der Waals surface area contributed by atoms with E-state index in [0.717, 1.165) is 41.6 Å². The standard InChI is InChI=1S/C14H18BrN3O2/c1-9(2)20-14-12(15)6-10-7-18(17-13(10)16-14)11-4-3-5-19-8-11/h6-7,9,11H,3-5,8H2,1-2H3. The lowest BCUT2D eigenvalue weighted by atomic mass is 10.1. The first kappa shape index (κ1) is 13.8. The highest BCUT2D eigenvalue weighted by Gasteiger charge is 2.18. The second-order valence-corrected chi connectivity index (χ2v) is 6.19. The van der Waals surface area contributed by atoms with Crippen molar-refractivity contribution in [3.63, 3.8) is 0 Å². The minimum Gasteiger partial charge on any atom is -0.474 e. The van der Waals surface area contributed by atoms with Crippen LogP contribution in [0, 0.1) is 0 Å². The number of fused-ring (bicyclic) bond motifs is 1. The molecule has 0 bridgehead atoms. The summed E-state index contributed by atoms with van der Waals surface area (Å²) in [7, 11) is 0. The van der Waals surface area contributed by atoms with E-state index in [-0.39, 0.29) is 6.10 Å². The molecule has 108 valence electrons. The van der Waals surface area contributed by atoms with Crippen molar-refractivity contribution in [2.45, 2.75) is 38.8 Å². The minimum absolute atomic E-state index is 0.0880. The molecule has 0 spiro atoms. The summed E-state index contributed by atoms with van der Waals surface area (Å²) in [6, 6.07) is 2.32. The Hall–Kier alpha value is -1.14. The molecule has 0 saturated carbocycles. The maximum atomic E-state index is 5.68. The van der Waals surface area contributed by atoms with Gasteiger partial charge in [0.25, 0.3) is 0 Å². The monoisotopic (exact) mass is 339 g/mol. The molecule has 0 aliphatic carbocycles. The van der Waals surface area contributed by atoms with E-state index in [9.17, 15) is 0 Å². The second-order valence-electron chi connectivity index (χ2n) is 5.33. The molecule has 0 radical (unpaired) electrons. The average Bonchev–Trinajstić information content (AvgIpc) is 2.82. The van der Waals surface area contributed by atoms with E-state index < -0.39 is 0 Å². The van der Waals surface area contributed by atoms with Crippen LogP contribution < -0.4 is 4.74 Å². The van der Waals surface area contributed by atoms with Crippen LogP contribution in [0.25, 0.3) is 11.0 Å². The number of hydrogen-bond acceptors (Lipinski definition) is 4. The van der Waals surface area contributed by atoms with Gasteiger partial charge in [-0.1, -0.05) is 0 Å². The molecule has 0 amide bonds. The highest BCUT2D eigenvalue weighted by atomic mass is 79.9. The first-order chi connectivity index (χ1) is 9.63. The number of nitrogens with zero attached hydrogens (tertiary/aromatic N) is 3. The summed E-state index contributed by atoms with van der Waals surface area (Å²) in [4.78, 5) is 4.49. The molecular weight excluding hydrogens is 322 g/mol.